The van der Waals surface area contributed by atoms with Gasteiger partial charge in [0.1, 0.15) is 12.4 Å². The number of nitro groups is 1. The summed E-state index contributed by atoms with van der Waals surface area (Å²) in [6, 6.07) is 8.27. The molecule has 0 radical (unpaired) electrons. The lowest BCUT2D eigenvalue weighted by atomic mass is 10.1. The van der Waals surface area contributed by atoms with Gasteiger partial charge < -0.3 is 5.32 Å². The van der Waals surface area contributed by atoms with Crippen LogP contribution in [0.4, 0.5) is 15.8 Å². The van der Waals surface area contributed by atoms with E-state index in [0.29, 0.717) is 10.6 Å². The van der Waals surface area contributed by atoms with Gasteiger partial charge in [-0.15, -0.1) is 0 Å². The summed E-state index contributed by atoms with van der Waals surface area (Å²) in [5.41, 5.74) is -0.130. The van der Waals surface area contributed by atoms with E-state index >= 15 is 0 Å². The van der Waals surface area contributed by atoms with Crippen molar-refractivity contribution < 1.29 is 23.7 Å². The Morgan fingerprint density at radius 1 is 1.08 bits per heavy atom. The van der Waals surface area contributed by atoms with E-state index in [4.69, 9.17) is 0 Å². The number of amides is 3. The summed E-state index contributed by atoms with van der Waals surface area (Å²) in [5.74, 6) is -2.61. The van der Waals surface area contributed by atoms with Crippen LogP contribution in [0.25, 0.3) is 0 Å². The fraction of sp³-hybridized carbons (Fsp3) is 0.0625. The molecule has 0 unspecified atom stereocenters. The van der Waals surface area contributed by atoms with E-state index in [0.717, 1.165) is 24.3 Å². The van der Waals surface area contributed by atoms with Crippen molar-refractivity contribution in [1.29, 1.82) is 0 Å². The molecule has 0 fully saturated rings. The minimum Gasteiger partial charge on any atom is -0.325 e. The van der Waals surface area contributed by atoms with Crippen LogP contribution >= 0.6 is 0 Å². The highest BCUT2D eigenvalue weighted by Crippen LogP contribution is 2.26. The minimum absolute atomic E-state index is 0.00480. The normalized spacial score (nSPS) is 12.9. The standard InChI is InChI=1S/C16H10FN3O5/c17-9-1-3-10(4-2-9)18-14(21)8-19-15(22)12-6-5-11(20(24)25)7-13(12)16(19)23/h1-7H,8H2,(H,18,21). The maximum Gasteiger partial charge on any atom is 0.270 e. The van der Waals surface area contributed by atoms with Crippen LogP contribution in [0.15, 0.2) is 42.5 Å². The Hall–Kier alpha value is -3.62. The zero-order valence-electron chi connectivity index (χ0n) is 12.6. The molecule has 0 bridgehead atoms. The number of non-ortho nitro benzene ring substituents is 1. The molecule has 126 valence electrons. The van der Waals surface area contributed by atoms with Crippen molar-refractivity contribution in [2.75, 3.05) is 11.9 Å². The number of anilines is 1. The summed E-state index contributed by atoms with van der Waals surface area (Å²) in [5, 5.41) is 13.2. The maximum atomic E-state index is 12.8. The molecule has 0 aromatic heterocycles. The van der Waals surface area contributed by atoms with Crippen molar-refractivity contribution in [2.45, 2.75) is 0 Å². The number of rotatable bonds is 4. The highest BCUT2D eigenvalue weighted by atomic mass is 19.1. The van der Waals surface area contributed by atoms with Crippen LogP contribution in [0.5, 0.6) is 0 Å². The molecule has 0 atom stereocenters. The molecule has 2 aromatic carbocycles. The lowest BCUT2D eigenvalue weighted by Gasteiger charge is -2.13. The number of halogens is 1. The molecule has 3 rings (SSSR count). The Balaban J connectivity index is 1.76. The van der Waals surface area contributed by atoms with Crippen molar-refractivity contribution in [2.24, 2.45) is 0 Å². The lowest BCUT2D eigenvalue weighted by molar-refractivity contribution is -0.384. The molecule has 3 amide bonds. The lowest BCUT2D eigenvalue weighted by Crippen LogP contribution is -2.37. The number of carbonyl (C=O) groups excluding carboxylic acids is 3. The Morgan fingerprint density at radius 3 is 2.36 bits per heavy atom. The highest BCUT2D eigenvalue weighted by molar-refractivity contribution is 6.23. The summed E-state index contributed by atoms with van der Waals surface area (Å²) < 4.78 is 12.8. The molecule has 8 nitrogen and oxygen atoms in total. The van der Waals surface area contributed by atoms with E-state index in [9.17, 15) is 28.9 Å². The first-order valence-electron chi connectivity index (χ1n) is 7.07. The fourth-order valence-electron chi connectivity index (χ4n) is 2.41. The zero-order chi connectivity index (χ0) is 18.1. The molecule has 1 aliphatic rings. The zero-order valence-corrected chi connectivity index (χ0v) is 12.6. The van der Waals surface area contributed by atoms with Crippen LogP contribution in [0, 0.1) is 15.9 Å². The number of nitrogens with one attached hydrogen (secondary N) is 1. The number of nitro benzene ring substituents is 1. The summed E-state index contributed by atoms with van der Waals surface area (Å²) in [6.07, 6.45) is 0. The topological polar surface area (TPSA) is 110 Å². The van der Waals surface area contributed by atoms with Gasteiger partial charge in [0.2, 0.25) is 5.91 Å². The van der Waals surface area contributed by atoms with Crippen LogP contribution in [-0.2, 0) is 4.79 Å². The second-order valence-corrected chi connectivity index (χ2v) is 5.24. The molecule has 0 saturated carbocycles. The molecule has 1 heterocycles. The molecule has 1 N–H and O–H groups in total. The molecule has 1 aliphatic heterocycles. The molecule has 9 heteroatoms. The second kappa shape index (κ2) is 6.11. The third kappa shape index (κ3) is 3.07. The van der Waals surface area contributed by atoms with E-state index in [1.807, 2.05) is 0 Å². The monoisotopic (exact) mass is 343 g/mol. The largest absolute Gasteiger partial charge is 0.325 e. The van der Waals surface area contributed by atoms with Gasteiger partial charge in [0.15, 0.2) is 0 Å². The SMILES string of the molecule is O=C(CN1C(=O)c2ccc([N+](=O)[O-])cc2C1=O)Nc1ccc(F)cc1. The summed E-state index contributed by atoms with van der Waals surface area (Å²) in [7, 11) is 0. The average Bonchev–Trinajstić information content (AvgIpc) is 2.81. The first-order valence-corrected chi connectivity index (χ1v) is 7.07. The van der Waals surface area contributed by atoms with E-state index in [-0.39, 0.29) is 16.8 Å². The molecule has 25 heavy (non-hydrogen) atoms. The van der Waals surface area contributed by atoms with E-state index in [1.54, 1.807) is 0 Å². The third-order valence-corrected chi connectivity index (χ3v) is 3.59. The molecule has 0 saturated heterocycles. The van der Waals surface area contributed by atoms with Gasteiger partial charge in [-0.25, -0.2) is 4.39 Å². The summed E-state index contributed by atoms with van der Waals surface area (Å²) in [6.45, 7) is -0.558. The van der Waals surface area contributed by atoms with Crippen molar-refractivity contribution in [1.82, 2.24) is 4.90 Å². The van der Waals surface area contributed by atoms with Gasteiger partial charge in [-0.05, 0) is 30.3 Å². The van der Waals surface area contributed by atoms with Gasteiger partial charge in [-0.1, -0.05) is 0 Å². The van der Waals surface area contributed by atoms with Crippen LogP contribution in [0.1, 0.15) is 20.7 Å². The second-order valence-electron chi connectivity index (χ2n) is 5.24. The Bertz CT molecular complexity index is 910. The number of imide groups is 1. The van der Waals surface area contributed by atoms with Crippen molar-refractivity contribution >= 4 is 29.1 Å². The first kappa shape index (κ1) is 16.2. The van der Waals surface area contributed by atoms with Crippen LogP contribution in [-0.4, -0.2) is 34.1 Å². The fourth-order valence-corrected chi connectivity index (χ4v) is 2.41. The highest BCUT2D eigenvalue weighted by Gasteiger charge is 2.37. The van der Waals surface area contributed by atoms with Crippen LogP contribution < -0.4 is 5.32 Å². The smallest absolute Gasteiger partial charge is 0.270 e. The van der Waals surface area contributed by atoms with Gasteiger partial charge in [-0.3, -0.25) is 29.4 Å². The van der Waals surface area contributed by atoms with E-state index in [1.165, 1.54) is 18.2 Å². The number of benzene rings is 2. The summed E-state index contributed by atoms with van der Waals surface area (Å²) in [4.78, 5) is 47.3. The average molecular weight is 343 g/mol. The molecular formula is C16H10FN3O5. The predicted octanol–water partition coefficient (Wildman–Crippen LogP) is 1.97. The Labute approximate surface area is 140 Å². The predicted molar refractivity (Wildman–Crippen MR) is 83.5 cm³/mol. The van der Waals surface area contributed by atoms with Crippen molar-refractivity contribution in [3.63, 3.8) is 0 Å². The van der Waals surface area contributed by atoms with Gasteiger partial charge in [0, 0.05) is 17.8 Å². The quantitative estimate of drug-likeness (QED) is 0.518. The Kier molecular flexibility index (Phi) is 3.97. The van der Waals surface area contributed by atoms with Crippen LogP contribution in [0.2, 0.25) is 0 Å². The Morgan fingerprint density at radius 2 is 1.72 bits per heavy atom. The van der Waals surface area contributed by atoms with E-state index in [2.05, 4.69) is 5.32 Å². The number of nitrogens with zero attached hydrogens (tertiary/aromatic N) is 2. The number of fused-ring (bicyclic) bond motifs is 1. The van der Waals surface area contributed by atoms with Crippen molar-refractivity contribution in [3.05, 3.63) is 69.5 Å². The molecule has 0 spiro atoms. The maximum absolute atomic E-state index is 12.8. The number of hydrogen-bond acceptors (Lipinski definition) is 5. The van der Waals surface area contributed by atoms with Gasteiger partial charge >= 0.3 is 0 Å². The molecule has 2 aromatic rings. The number of carbonyl (C=O) groups is 3. The molecule has 0 aliphatic carbocycles. The third-order valence-electron chi connectivity index (χ3n) is 3.59. The van der Waals surface area contributed by atoms with E-state index < -0.39 is 35.0 Å². The van der Waals surface area contributed by atoms with Crippen LogP contribution in [0.3, 0.4) is 0 Å². The molecular weight excluding hydrogens is 333 g/mol. The first-order chi connectivity index (χ1) is 11.9. The summed E-state index contributed by atoms with van der Waals surface area (Å²) >= 11 is 0. The minimum atomic E-state index is -0.780. The van der Waals surface area contributed by atoms with Crippen molar-refractivity contribution in [3.8, 4) is 0 Å². The number of hydrogen-bond donors (Lipinski definition) is 1. The van der Waals surface area contributed by atoms with Gasteiger partial charge in [0.05, 0.1) is 16.1 Å². The van der Waals surface area contributed by atoms with Gasteiger partial charge in [-0.2, -0.15) is 0 Å². The van der Waals surface area contributed by atoms with Gasteiger partial charge in [0.25, 0.3) is 17.5 Å².